The van der Waals surface area contributed by atoms with Gasteiger partial charge in [0, 0.05) is 17.8 Å². The number of hydrogen-bond donors (Lipinski definition) is 2. The van der Waals surface area contributed by atoms with Crippen molar-refractivity contribution in [3.05, 3.63) is 76.8 Å². The van der Waals surface area contributed by atoms with Gasteiger partial charge in [0.05, 0.1) is 17.1 Å². The zero-order valence-corrected chi connectivity index (χ0v) is 20.7. The first kappa shape index (κ1) is 23.5. The first-order valence-corrected chi connectivity index (χ1v) is 11.8. The van der Waals surface area contributed by atoms with Gasteiger partial charge in [-0.05, 0) is 70.4 Å². The molecule has 36 heavy (non-hydrogen) atoms. The van der Waals surface area contributed by atoms with Crippen molar-refractivity contribution in [2.24, 2.45) is 0 Å². The van der Waals surface area contributed by atoms with E-state index in [4.69, 9.17) is 15.2 Å². The van der Waals surface area contributed by atoms with Crippen LogP contribution in [-0.4, -0.2) is 26.9 Å². The second kappa shape index (κ2) is 8.76. The monoisotopic (exact) mass is 482 g/mol. The topological polar surface area (TPSA) is 94.8 Å². The molecule has 0 atom stereocenters. The molecule has 2 aromatic heterocycles. The number of benzene rings is 2. The number of oxazole rings is 1. The van der Waals surface area contributed by atoms with Crippen molar-refractivity contribution in [1.29, 1.82) is 10.8 Å². The first-order valence-electron chi connectivity index (χ1n) is 11.8. The molecule has 5 rings (SSSR count). The number of aryl methyl sites for hydroxylation is 1. The summed E-state index contributed by atoms with van der Waals surface area (Å²) < 4.78 is 22.3. The Balaban J connectivity index is 1.65. The fraction of sp³-hybridized carbons (Fsp3) is 0.286. The van der Waals surface area contributed by atoms with Gasteiger partial charge < -0.3 is 9.32 Å². The summed E-state index contributed by atoms with van der Waals surface area (Å²) in [4.78, 5) is 10.8. The number of aromatic nitrogens is 3. The minimum atomic E-state index is -0.565. The Labute approximate surface area is 208 Å². The van der Waals surface area contributed by atoms with Crippen molar-refractivity contribution in [3.8, 4) is 11.8 Å². The smallest absolute Gasteiger partial charge is 0.230 e. The van der Waals surface area contributed by atoms with Gasteiger partial charge in [-0.3, -0.25) is 15.4 Å². The molecule has 2 N–H and O–H groups in total. The third-order valence-electron chi connectivity index (χ3n) is 6.39. The van der Waals surface area contributed by atoms with Crippen LogP contribution in [0.15, 0.2) is 47.0 Å². The van der Waals surface area contributed by atoms with Crippen LogP contribution in [0.3, 0.4) is 0 Å². The third-order valence-corrected chi connectivity index (χ3v) is 6.39. The first-order chi connectivity index (χ1) is 17.2. The summed E-state index contributed by atoms with van der Waals surface area (Å²) in [7, 11) is 0. The Morgan fingerprint density at radius 2 is 1.97 bits per heavy atom. The van der Waals surface area contributed by atoms with Crippen molar-refractivity contribution in [1.82, 2.24) is 14.5 Å². The average Bonchev–Trinajstić information content (AvgIpc) is 3.29. The molecule has 7 nitrogen and oxygen atoms in total. The standard InChI is InChI=1S/C28H27FN6O/c1-17-16-32-26(36-17)28(3,4)14-13-19-8-5-11-22-20(19)9-7-15-34(22)25-24-21(29)10-6-12-23(24)35(18(2)30)27(31)33-25/h5-6,8,10-12,16,30-31H,7,9,15H2,1-4H3. The molecule has 1 aliphatic rings. The van der Waals surface area contributed by atoms with Gasteiger partial charge >= 0.3 is 0 Å². The van der Waals surface area contributed by atoms with Crippen LogP contribution in [0.1, 0.15) is 50.0 Å². The Morgan fingerprint density at radius 3 is 2.69 bits per heavy atom. The second-order valence-electron chi connectivity index (χ2n) is 9.52. The molecule has 0 aliphatic carbocycles. The van der Waals surface area contributed by atoms with Gasteiger partial charge in [-0.1, -0.05) is 24.0 Å². The Hall–Kier alpha value is -4.25. The summed E-state index contributed by atoms with van der Waals surface area (Å²) in [5.41, 5.74) is 2.63. The molecule has 0 unspecified atom stereocenters. The molecule has 182 valence electrons. The van der Waals surface area contributed by atoms with Crippen LogP contribution < -0.4 is 10.5 Å². The van der Waals surface area contributed by atoms with Gasteiger partial charge in [0.2, 0.25) is 11.5 Å². The second-order valence-corrected chi connectivity index (χ2v) is 9.52. The molecule has 8 heteroatoms. The predicted molar refractivity (Wildman–Crippen MR) is 137 cm³/mol. The molecule has 0 fully saturated rings. The number of hydrogen-bond acceptors (Lipinski definition) is 6. The Kier molecular flexibility index (Phi) is 5.71. The van der Waals surface area contributed by atoms with Gasteiger partial charge in [0.1, 0.15) is 28.6 Å². The third kappa shape index (κ3) is 3.97. The van der Waals surface area contributed by atoms with E-state index in [1.807, 2.05) is 43.9 Å². The van der Waals surface area contributed by atoms with Gasteiger partial charge in [-0.25, -0.2) is 9.37 Å². The summed E-state index contributed by atoms with van der Waals surface area (Å²) in [5.74, 6) is 8.03. The lowest BCUT2D eigenvalue weighted by Gasteiger charge is -2.32. The van der Waals surface area contributed by atoms with E-state index in [1.165, 1.54) is 10.6 Å². The minimum absolute atomic E-state index is 0.107. The molecule has 0 saturated heterocycles. The van der Waals surface area contributed by atoms with E-state index >= 15 is 4.39 Å². The van der Waals surface area contributed by atoms with E-state index in [-0.39, 0.29) is 11.5 Å². The predicted octanol–water partition coefficient (Wildman–Crippen LogP) is 5.21. The molecule has 0 saturated carbocycles. The number of nitrogens with zero attached hydrogens (tertiary/aromatic N) is 4. The van der Waals surface area contributed by atoms with Crippen LogP contribution in [0.25, 0.3) is 10.9 Å². The number of rotatable bonds is 2. The molecule has 0 radical (unpaired) electrons. The highest BCUT2D eigenvalue weighted by atomic mass is 19.1. The fourth-order valence-electron chi connectivity index (χ4n) is 4.66. The van der Waals surface area contributed by atoms with Crippen LogP contribution in [0.5, 0.6) is 0 Å². The maximum absolute atomic E-state index is 15.2. The van der Waals surface area contributed by atoms with Crippen LogP contribution in [0.2, 0.25) is 0 Å². The zero-order valence-electron chi connectivity index (χ0n) is 20.7. The number of fused-ring (bicyclic) bond motifs is 2. The molecule has 0 amide bonds. The van der Waals surface area contributed by atoms with Crippen LogP contribution >= 0.6 is 0 Å². The lowest BCUT2D eigenvalue weighted by atomic mass is 9.92. The molecule has 4 aromatic rings. The quantitative estimate of drug-likeness (QED) is 0.233. The van der Waals surface area contributed by atoms with Crippen molar-refractivity contribution in [3.63, 3.8) is 0 Å². The van der Waals surface area contributed by atoms with Crippen LogP contribution in [-0.2, 0) is 11.8 Å². The zero-order chi connectivity index (χ0) is 25.6. The van der Waals surface area contributed by atoms with Gasteiger partial charge in [-0.15, -0.1) is 0 Å². The highest BCUT2D eigenvalue weighted by Gasteiger charge is 2.26. The summed E-state index contributed by atoms with van der Waals surface area (Å²) in [6.07, 6.45) is 3.36. The number of nitrogens with one attached hydrogen (secondary N) is 2. The minimum Gasteiger partial charge on any atom is -0.444 e. The number of anilines is 2. The molecule has 2 aromatic carbocycles. The molecule has 3 heterocycles. The maximum Gasteiger partial charge on any atom is 0.230 e. The highest BCUT2D eigenvalue weighted by molar-refractivity contribution is 5.98. The fourth-order valence-corrected chi connectivity index (χ4v) is 4.66. The molecule has 0 bridgehead atoms. The van der Waals surface area contributed by atoms with Crippen molar-refractivity contribution in [2.75, 3.05) is 11.4 Å². The highest BCUT2D eigenvalue weighted by Crippen LogP contribution is 2.37. The average molecular weight is 483 g/mol. The van der Waals surface area contributed by atoms with Crippen LogP contribution in [0.4, 0.5) is 15.9 Å². The SMILES string of the molecule is CC(=N)n1c(=N)nc(N2CCCc3c(C#CC(C)(C)c4ncc(C)o4)cccc32)c2c(F)cccc21. The lowest BCUT2D eigenvalue weighted by Crippen LogP contribution is -2.33. The Morgan fingerprint density at radius 1 is 1.19 bits per heavy atom. The molecule has 1 aliphatic heterocycles. The summed E-state index contributed by atoms with van der Waals surface area (Å²) in [6, 6.07) is 10.6. The summed E-state index contributed by atoms with van der Waals surface area (Å²) in [5, 5.41) is 16.9. The maximum atomic E-state index is 15.2. The largest absolute Gasteiger partial charge is 0.444 e. The van der Waals surface area contributed by atoms with E-state index in [1.54, 1.807) is 25.3 Å². The van der Waals surface area contributed by atoms with Crippen molar-refractivity contribution in [2.45, 2.75) is 46.0 Å². The molecular formula is C28H27FN6O. The van der Waals surface area contributed by atoms with Gasteiger partial charge in [0.25, 0.3) is 0 Å². The number of halogens is 1. The normalized spacial score (nSPS) is 13.3. The van der Waals surface area contributed by atoms with E-state index in [9.17, 15) is 0 Å². The van der Waals surface area contributed by atoms with E-state index in [2.05, 4.69) is 21.8 Å². The molecule has 0 spiro atoms. The summed E-state index contributed by atoms with van der Waals surface area (Å²) in [6.45, 7) is 8.01. The van der Waals surface area contributed by atoms with Crippen LogP contribution in [0, 0.1) is 35.4 Å². The van der Waals surface area contributed by atoms with E-state index in [0.717, 1.165) is 35.4 Å². The Bertz CT molecular complexity index is 1640. The van der Waals surface area contributed by atoms with Crippen molar-refractivity contribution >= 4 is 28.2 Å². The van der Waals surface area contributed by atoms with E-state index in [0.29, 0.717) is 29.2 Å². The lowest BCUT2D eigenvalue weighted by molar-refractivity contribution is 0.413. The van der Waals surface area contributed by atoms with Gasteiger partial charge in [-0.2, -0.15) is 4.98 Å². The van der Waals surface area contributed by atoms with E-state index < -0.39 is 11.2 Å². The van der Waals surface area contributed by atoms with Crippen molar-refractivity contribution < 1.29 is 8.81 Å². The van der Waals surface area contributed by atoms with Gasteiger partial charge in [0.15, 0.2) is 0 Å². The summed E-state index contributed by atoms with van der Waals surface area (Å²) >= 11 is 0. The molecular weight excluding hydrogens is 455 g/mol.